The minimum Gasteiger partial charge on any atom is -0.353 e. The molecule has 0 unspecified atom stereocenters. The van der Waals surface area contributed by atoms with Gasteiger partial charge in [0, 0.05) is 30.7 Å². The molecule has 0 radical (unpaired) electrons. The zero-order chi connectivity index (χ0) is 13.0. The highest BCUT2D eigenvalue weighted by Gasteiger charge is 2.10. The molecule has 0 bridgehead atoms. The number of hydrogen-bond donors (Lipinski definition) is 2. The lowest BCUT2D eigenvalue weighted by Gasteiger charge is -2.04. The number of nitrogens with one attached hydrogen (secondary N) is 1. The SMILES string of the molecule is Cn1cccc1CNC(=O)c1csc(CCN)n1. The molecule has 18 heavy (non-hydrogen) atoms. The van der Waals surface area contributed by atoms with Crippen molar-refractivity contribution < 1.29 is 4.79 Å². The molecule has 0 aliphatic carbocycles. The van der Waals surface area contributed by atoms with Crippen molar-refractivity contribution in [2.75, 3.05) is 6.54 Å². The van der Waals surface area contributed by atoms with Gasteiger partial charge < -0.3 is 15.6 Å². The second kappa shape index (κ2) is 5.79. The van der Waals surface area contributed by atoms with Gasteiger partial charge in [0.1, 0.15) is 5.69 Å². The van der Waals surface area contributed by atoms with Crippen molar-refractivity contribution in [1.29, 1.82) is 0 Å². The van der Waals surface area contributed by atoms with E-state index in [1.165, 1.54) is 11.3 Å². The van der Waals surface area contributed by atoms with Crippen LogP contribution in [0.1, 0.15) is 21.2 Å². The van der Waals surface area contributed by atoms with E-state index in [9.17, 15) is 4.79 Å². The number of carbonyl (C=O) groups excluding carboxylic acids is 1. The molecule has 0 aliphatic heterocycles. The van der Waals surface area contributed by atoms with Crippen LogP contribution in [0.25, 0.3) is 0 Å². The van der Waals surface area contributed by atoms with Crippen molar-refractivity contribution in [1.82, 2.24) is 14.9 Å². The third-order valence-corrected chi connectivity index (χ3v) is 3.53. The molecule has 5 nitrogen and oxygen atoms in total. The first-order chi connectivity index (χ1) is 8.70. The van der Waals surface area contributed by atoms with E-state index < -0.39 is 0 Å². The maximum Gasteiger partial charge on any atom is 0.271 e. The molecule has 0 saturated carbocycles. The molecular weight excluding hydrogens is 248 g/mol. The first-order valence-electron chi connectivity index (χ1n) is 5.73. The van der Waals surface area contributed by atoms with Gasteiger partial charge in [-0.3, -0.25) is 4.79 Å². The van der Waals surface area contributed by atoms with Gasteiger partial charge in [0.25, 0.3) is 5.91 Å². The highest BCUT2D eigenvalue weighted by Crippen LogP contribution is 2.10. The Morgan fingerprint density at radius 2 is 2.44 bits per heavy atom. The Labute approximate surface area is 110 Å². The van der Waals surface area contributed by atoms with E-state index in [4.69, 9.17) is 5.73 Å². The van der Waals surface area contributed by atoms with E-state index >= 15 is 0 Å². The maximum absolute atomic E-state index is 11.9. The predicted octanol–water partition coefficient (Wildman–Crippen LogP) is 0.913. The number of rotatable bonds is 5. The summed E-state index contributed by atoms with van der Waals surface area (Å²) in [6.07, 6.45) is 2.67. The monoisotopic (exact) mass is 264 g/mol. The molecule has 96 valence electrons. The van der Waals surface area contributed by atoms with E-state index in [1.54, 1.807) is 5.38 Å². The van der Waals surface area contributed by atoms with Crippen molar-refractivity contribution in [3.05, 3.63) is 40.1 Å². The standard InChI is InChI=1S/C12H16N4OS/c1-16-6-2-3-9(16)7-14-12(17)10-8-18-11(15-10)4-5-13/h2-3,6,8H,4-5,7,13H2,1H3,(H,14,17). The van der Waals surface area contributed by atoms with E-state index in [2.05, 4.69) is 10.3 Å². The van der Waals surface area contributed by atoms with Gasteiger partial charge in [-0.15, -0.1) is 11.3 Å². The number of nitrogens with zero attached hydrogens (tertiary/aromatic N) is 2. The van der Waals surface area contributed by atoms with Crippen molar-refractivity contribution in [2.24, 2.45) is 12.8 Å². The van der Waals surface area contributed by atoms with Gasteiger partial charge in [-0.1, -0.05) is 0 Å². The maximum atomic E-state index is 11.9. The lowest BCUT2D eigenvalue weighted by atomic mass is 10.4. The van der Waals surface area contributed by atoms with Crippen LogP contribution in [0.4, 0.5) is 0 Å². The second-order valence-corrected chi connectivity index (χ2v) is 4.90. The quantitative estimate of drug-likeness (QED) is 0.843. The number of carbonyl (C=O) groups is 1. The Kier molecular flexibility index (Phi) is 4.11. The first kappa shape index (κ1) is 12.8. The zero-order valence-corrected chi connectivity index (χ0v) is 11.0. The summed E-state index contributed by atoms with van der Waals surface area (Å²) in [7, 11) is 1.95. The normalized spacial score (nSPS) is 10.6. The summed E-state index contributed by atoms with van der Waals surface area (Å²) in [6.45, 7) is 1.06. The van der Waals surface area contributed by atoms with Crippen LogP contribution < -0.4 is 11.1 Å². The topological polar surface area (TPSA) is 72.9 Å². The highest BCUT2D eigenvalue weighted by molar-refractivity contribution is 7.09. The minimum absolute atomic E-state index is 0.143. The van der Waals surface area contributed by atoms with E-state index in [0.29, 0.717) is 18.8 Å². The molecule has 6 heteroatoms. The number of thiazole rings is 1. The van der Waals surface area contributed by atoms with Gasteiger partial charge >= 0.3 is 0 Å². The molecule has 2 rings (SSSR count). The van der Waals surface area contributed by atoms with Crippen LogP contribution in [0.5, 0.6) is 0 Å². The van der Waals surface area contributed by atoms with E-state index in [-0.39, 0.29) is 5.91 Å². The smallest absolute Gasteiger partial charge is 0.271 e. The molecule has 0 aromatic carbocycles. The summed E-state index contributed by atoms with van der Waals surface area (Å²) in [5.41, 5.74) is 6.98. The molecule has 2 aromatic heterocycles. The van der Waals surface area contributed by atoms with E-state index in [0.717, 1.165) is 17.1 Å². The van der Waals surface area contributed by atoms with Crippen molar-refractivity contribution in [3.8, 4) is 0 Å². The van der Waals surface area contributed by atoms with Crippen LogP contribution in [0, 0.1) is 0 Å². The lowest BCUT2D eigenvalue weighted by Crippen LogP contribution is -2.24. The minimum atomic E-state index is -0.143. The Balaban J connectivity index is 1.93. The summed E-state index contributed by atoms with van der Waals surface area (Å²) in [5, 5.41) is 5.52. The molecule has 3 N–H and O–H groups in total. The second-order valence-electron chi connectivity index (χ2n) is 3.96. The zero-order valence-electron chi connectivity index (χ0n) is 10.2. The van der Waals surface area contributed by atoms with Gasteiger partial charge in [0.05, 0.1) is 11.6 Å². The lowest BCUT2D eigenvalue weighted by molar-refractivity contribution is 0.0945. The van der Waals surface area contributed by atoms with Crippen LogP contribution in [0.3, 0.4) is 0 Å². The Morgan fingerprint density at radius 1 is 1.61 bits per heavy atom. The highest BCUT2D eigenvalue weighted by atomic mass is 32.1. The number of aryl methyl sites for hydroxylation is 1. The summed E-state index contributed by atoms with van der Waals surface area (Å²) < 4.78 is 1.97. The Hall–Kier alpha value is -1.66. The molecule has 0 fully saturated rings. The van der Waals surface area contributed by atoms with Crippen LogP contribution in [-0.4, -0.2) is 22.0 Å². The fraction of sp³-hybridized carbons (Fsp3) is 0.333. The molecule has 1 amide bonds. The van der Waals surface area contributed by atoms with E-state index in [1.807, 2.05) is 29.9 Å². The van der Waals surface area contributed by atoms with Gasteiger partial charge in [0.2, 0.25) is 0 Å². The van der Waals surface area contributed by atoms with Gasteiger partial charge in [0.15, 0.2) is 0 Å². The van der Waals surface area contributed by atoms with Crippen molar-refractivity contribution in [3.63, 3.8) is 0 Å². The Bertz CT molecular complexity index is 532. The number of nitrogens with two attached hydrogens (primary N) is 1. The first-order valence-corrected chi connectivity index (χ1v) is 6.61. The van der Waals surface area contributed by atoms with Crippen LogP contribution in [-0.2, 0) is 20.0 Å². The van der Waals surface area contributed by atoms with Crippen molar-refractivity contribution >= 4 is 17.2 Å². The number of aromatic nitrogens is 2. The van der Waals surface area contributed by atoms with Crippen molar-refractivity contribution in [2.45, 2.75) is 13.0 Å². The van der Waals surface area contributed by atoms with Gasteiger partial charge in [-0.25, -0.2) is 4.98 Å². The van der Waals surface area contributed by atoms with Gasteiger partial charge in [-0.05, 0) is 18.7 Å². The molecule has 0 spiro atoms. The summed E-state index contributed by atoms with van der Waals surface area (Å²) in [4.78, 5) is 16.1. The molecule has 2 heterocycles. The van der Waals surface area contributed by atoms with Crippen LogP contribution in [0.2, 0.25) is 0 Å². The largest absolute Gasteiger partial charge is 0.353 e. The summed E-state index contributed by atoms with van der Waals surface area (Å²) in [5.74, 6) is -0.143. The third kappa shape index (κ3) is 2.96. The average Bonchev–Trinajstić information content (AvgIpc) is 2.96. The number of amides is 1. The number of hydrogen-bond acceptors (Lipinski definition) is 4. The van der Waals surface area contributed by atoms with Crippen LogP contribution >= 0.6 is 11.3 Å². The van der Waals surface area contributed by atoms with Gasteiger partial charge in [-0.2, -0.15) is 0 Å². The predicted molar refractivity (Wildman–Crippen MR) is 71.5 cm³/mol. The molecule has 0 atom stereocenters. The fourth-order valence-electron chi connectivity index (χ4n) is 1.60. The summed E-state index contributed by atoms with van der Waals surface area (Å²) >= 11 is 1.47. The molecule has 2 aromatic rings. The Morgan fingerprint density at radius 3 is 3.11 bits per heavy atom. The summed E-state index contributed by atoms with van der Waals surface area (Å²) in [6, 6.07) is 3.92. The molecule has 0 saturated heterocycles. The molecular formula is C12H16N4OS. The third-order valence-electron chi connectivity index (χ3n) is 2.62. The fourth-order valence-corrected chi connectivity index (χ4v) is 2.39. The average molecular weight is 264 g/mol. The van der Waals surface area contributed by atoms with Crippen LogP contribution in [0.15, 0.2) is 23.7 Å². The molecule has 0 aliphatic rings.